The number of hydrogen-bond acceptors (Lipinski definition) is 4. The van der Waals surface area contributed by atoms with E-state index in [4.69, 9.17) is 4.74 Å². The highest BCUT2D eigenvalue weighted by Crippen LogP contribution is 2.19. The molecule has 7 heteroatoms. The van der Waals surface area contributed by atoms with Gasteiger partial charge in [0.25, 0.3) is 5.56 Å². The molecule has 28 heavy (non-hydrogen) atoms. The van der Waals surface area contributed by atoms with Crippen molar-refractivity contribution in [1.29, 1.82) is 0 Å². The second kappa shape index (κ2) is 7.44. The molecule has 0 fully saturated rings. The Labute approximate surface area is 163 Å². The van der Waals surface area contributed by atoms with Gasteiger partial charge in [-0.1, -0.05) is 18.2 Å². The number of rotatable bonds is 5. The number of halogens is 1. The molecule has 4 aromatic rings. The van der Waals surface area contributed by atoms with Gasteiger partial charge in [0.05, 0.1) is 24.4 Å². The van der Waals surface area contributed by atoms with Crippen molar-refractivity contribution in [3.8, 4) is 11.4 Å². The minimum Gasteiger partial charge on any atom is -0.494 e. The third-order valence-electron chi connectivity index (χ3n) is 4.45. The van der Waals surface area contributed by atoms with Crippen molar-refractivity contribution < 1.29 is 9.13 Å². The van der Waals surface area contributed by atoms with Gasteiger partial charge in [0, 0.05) is 5.56 Å². The molecule has 0 atom stereocenters. The van der Waals surface area contributed by atoms with E-state index in [-0.39, 0.29) is 12.1 Å². The van der Waals surface area contributed by atoms with E-state index in [1.165, 1.54) is 22.0 Å². The van der Waals surface area contributed by atoms with E-state index in [0.29, 0.717) is 33.8 Å². The highest BCUT2D eigenvalue weighted by Gasteiger charge is 2.16. The first-order valence-electron chi connectivity index (χ1n) is 8.80. The van der Waals surface area contributed by atoms with Crippen LogP contribution in [0, 0.1) is 5.82 Å². The molecule has 2 heterocycles. The van der Waals surface area contributed by atoms with Gasteiger partial charge in [0.1, 0.15) is 16.3 Å². The summed E-state index contributed by atoms with van der Waals surface area (Å²) in [5.41, 5.74) is 0.433. The summed E-state index contributed by atoms with van der Waals surface area (Å²) < 4.78 is 22.6. The van der Waals surface area contributed by atoms with Crippen molar-refractivity contribution in [3.05, 3.63) is 92.2 Å². The van der Waals surface area contributed by atoms with Crippen LogP contribution in [0.1, 0.15) is 12.5 Å². The number of fused-ring (bicyclic) bond motifs is 1. The first-order chi connectivity index (χ1) is 13.6. The lowest BCUT2D eigenvalue weighted by atomic mass is 10.2. The Kier molecular flexibility index (Phi) is 4.83. The predicted octanol–water partition coefficient (Wildman–Crippen LogP) is 3.80. The van der Waals surface area contributed by atoms with E-state index in [9.17, 15) is 14.0 Å². The second-order valence-corrected chi connectivity index (χ2v) is 7.08. The van der Waals surface area contributed by atoms with Gasteiger partial charge in [0.15, 0.2) is 0 Å². The van der Waals surface area contributed by atoms with Crippen LogP contribution >= 0.6 is 11.3 Å². The van der Waals surface area contributed by atoms with E-state index in [1.54, 1.807) is 53.9 Å². The van der Waals surface area contributed by atoms with E-state index in [0.717, 1.165) is 4.57 Å². The average molecular weight is 396 g/mol. The highest BCUT2D eigenvalue weighted by molar-refractivity contribution is 7.17. The summed E-state index contributed by atoms with van der Waals surface area (Å²) in [7, 11) is 0. The molecule has 0 radical (unpaired) electrons. The molecule has 4 rings (SSSR count). The molecule has 0 N–H and O–H groups in total. The van der Waals surface area contributed by atoms with Crippen molar-refractivity contribution in [2.75, 3.05) is 6.61 Å². The molecule has 0 spiro atoms. The standard InChI is InChI=1S/C21H17FN2O3S/c1-2-27-16-9-7-15(8-10-16)24-20(25)19-18(11-12-28-19)23(21(24)26)13-14-5-3-4-6-17(14)22/h3-12H,2,13H2,1H3. The number of hydrogen-bond donors (Lipinski definition) is 0. The van der Waals surface area contributed by atoms with Crippen LogP contribution in [0.25, 0.3) is 15.9 Å². The van der Waals surface area contributed by atoms with Crippen LogP contribution < -0.4 is 16.0 Å². The largest absolute Gasteiger partial charge is 0.494 e. The molecule has 142 valence electrons. The summed E-state index contributed by atoms with van der Waals surface area (Å²) in [6.45, 7) is 2.44. The summed E-state index contributed by atoms with van der Waals surface area (Å²) in [6.07, 6.45) is 0. The lowest BCUT2D eigenvalue weighted by Gasteiger charge is -2.13. The van der Waals surface area contributed by atoms with Gasteiger partial charge in [-0.2, -0.15) is 0 Å². The Balaban J connectivity index is 1.92. The molecule has 0 aliphatic carbocycles. The Morgan fingerprint density at radius 1 is 1.04 bits per heavy atom. The zero-order valence-electron chi connectivity index (χ0n) is 15.1. The maximum Gasteiger partial charge on any atom is 0.336 e. The SMILES string of the molecule is CCOc1ccc(-n2c(=O)c3sccc3n(Cc3ccccc3F)c2=O)cc1. The monoisotopic (exact) mass is 396 g/mol. The van der Waals surface area contributed by atoms with Crippen LogP contribution in [0.4, 0.5) is 4.39 Å². The molecule has 0 bridgehead atoms. The van der Waals surface area contributed by atoms with E-state index < -0.39 is 11.5 Å². The number of thiophene rings is 1. The van der Waals surface area contributed by atoms with Gasteiger partial charge in [-0.25, -0.2) is 13.8 Å². The molecular weight excluding hydrogens is 379 g/mol. The van der Waals surface area contributed by atoms with Gasteiger partial charge >= 0.3 is 5.69 Å². The first-order valence-corrected chi connectivity index (χ1v) is 9.68. The fraction of sp³-hybridized carbons (Fsp3) is 0.143. The average Bonchev–Trinajstić information content (AvgIpc) is 3.18. The number of nitrogens with zero attached hydrogens (tertiary/aromatic N) is 2. The van der Waals surface area contributed by atoms with Gasteiger partial charge in [-0.15, -0.1) is 11.3 Å². The van der Waals surface area contributed by atoms with Gasteiger partial charge in [0.2, 0.25) is 0 Å². The second-order valence-electron chi connectivity index (χ2n) is 6.16. The third-order valence-corrected chi connectivity index (χ3v) is 5.34. The minimum absolute atomic E-state index is 0.0377. The van der Waals surface area contributed by atoms with Crippen molar-refractivity contribution in [3.63, 3.8) is 0 Å². The van der Waals surface area contributed by atoms with Crippen LogP contribution in [0.3, 0.4) is 0 Å². The Bertz CT molecular complexity index is 1260. The maximum atomic E-state index is 14.2. The van der Waals surface area contributed by atoms with Crippen LogP contribution in [0.5, 0.6) is 5.75 Å². The molecule has 0 saturated heterocycles. The van der Waals surface area contributed by atoms with Crippen molar-refractivity contribution in [1.82, 2.24) is 9.13 Å². The molecule has 0 unspecified atom stereocenters. The Hall–Kier alpha value is -3.19. The van der Waals surface area contributed by atoms with Crippen LogP contribution in [-0.2, 0) is 6.54 Å². The lowest BCUT2D eigenvalue weighted by molar-refractivity contribution is 0.340. The van der Waals surface area contributed by atoms with E-state index in [1.807, 2.05) is 6.92 Å². The normalized spacial score (nSPS) is 11.1. The number of benzene rings is 2. The number of aromatic nitrogens is 2. The quantitative estimate of drug-likeness (QED) is 0.516. The molecule has 2 aromatic carbocycles. The van der Waals surface area contributed by atoms with Crippen LogP contribution in [0.2, 0.25) is 0 Å². The summed E-state index contributed by atoms with van der Waals surface area (Å²) >= 11 is 1.26. The Morgan fingerprint density at radius 2 is 1.79 bits per heavy atom. The fourth-order valence-corrected chi connectivity index (χ4v) is 3.95. The Morgan fingerprint density at radius 3 is 2.50 bits per heavy atom. The molecule has 0 amide bonds. The zero-order valence-corrected chi connectivity index (χ0v) is 15.9. The molecule has 2 aromatic heterocycles. The summed E-state index contributed by atoms with van der Waals surface area (Å²) in [6, 6.07) is 14.8. The van der Waals surface area contributed by atoms with Gasteiger partial charge in [-0.3, -0.25) is 9.36 Å². The van der Waals surface area contributed by atoms with Crippen molar-refractivity contribution >= 4 is 21.6 Å². The molecule has 0 aliphatic rings. The number of ether oxygens (including phenoxy) is 1. The topological polar surface area (TPSA) is 53.2 Å². The molecule has 0 saturated carbocycles. The smallest absolute Gasteiger partial charge is 0.336 e. The van der Waals surface area contributed by atoms with Gasteiger partial charge < -0.3 is 4.74 Å². The first kappa shape index (κ1) is 18.2. The summed E-state index contributed by atoms with van der Waals surface area (Å²) in [5, 5.41) is 1.76. The van der Waals surface area contributed by atoms with Crippen molar-refractivity contribution in [2.45, 2.75) is 13.5 Å². The summed E-state index contributed by atoms with van der Waals surface area (Å²) in [4.78, 5) is 26.2. The fourth-order valence-electron chi connectivity index (χ4n) is 3.12. The van der Waals surface area contributed by atoms with Crippen LogP contribution in [-0.4, -0.2) is 15.7 Å². The van der Waals surface area contributed by atoms with Crippen LogP contribution in [0.15, 0.2) is 69.6 Å². The van der Waals surface area contributed by atoms with Crippen molar-refractivity contribution in [2.24, 2.45) is 0 Å². The lowest BCUT2D eigenvalue weighted by Crippen LogP contribution is -2.38. The third kappa shape index (κ3) is 3.14. The highest BCUT2D eigenvalue weighted by atomic mass is 32.1. The predicted molar refractivity (Wildman–Crippen MR) is 108 cm³/mol. The zero-order chi connectivity index (χ0) is 19.7. The van der Waals surface area contributed by atoms with Gasteiger partial charge in [-0.05, 0) is 48.7 Å². The maximum absolute atomic E-state index is 14.2. The minimum atomic E-state index is -0.511. The molecular formula is C21H17FN2O3S. The summed E-state index contributed by atoms with van der Waals surface area (Å²) in [5.74, 6) is 0.264. The van der Waals surface area contributed by atoms with E-state index in [2.05, 4.69) is 0 Å². The molecule has 0 aliphatic heterocycles. The van der Waals surface area contributed by atoms with E-state index >= 15 is 0 Å². The molecule has 5 nitrogen and oxygen atoms in total.